The van der Waals surface area contributed by atoms with E-state index in [4.69, 9.17) is 4.74 Å². The summed E-state index contributed by atoms with van der Waals surface area (Å²) in [6.07, 6.45) is 0. The number of aromatic hydroxyl groups is 1. The molecule has 0 saturated carbocycles. The van der Waals surface area contributed by atoms with Crippen LogP contribution in [-0.4, -0.2) is 60.1 Å². The summed E-state index contributed by atoms with van der Waals surface area (Å²) < 4.78 is 6.27. The number of thioether (sulfide) groups is 1. The molecular weight excluding hydrogens is 318 g/mol. The highest BCUT2D eigenvalue weighted by Gasteiger charge is 2.17. The molecule has 0 atom stereocenters. The summed E-state index contributed by atoms with van der Waals surface area (Å²) in [5.41, 5.74) is 0. The number of morpholine rings is 1. The number of hydrogen-bond acceptors (Lipinski definition) is 6. The predicted octanol–water partition coefficient (Wildman–Crippen LogP) is 2.86. The fraction of sp³-hybridized carbons (Fsp3) is 0.438. The summed E-state index contributed by atoms with van der Waals surface area (Å²) in [5.74, 6) is 1.51. The number of Topliss-reactive ketones (excluding diaryl/α,β-unsaturated/α-hetero) is 1. The second-order valence-corrected chi connectivity index (χ2v) is 7.36. The number of carbonyl (C=O) groups excluding carboxylic acids is 1. The van der Waals surface area contributed by atoms with Crippen LogP contribution in [0.1, 0.15) is 9.67 Å². The number of benzene rings is 1. The molecular formula is C16H19NO3S2. The van der Waals surface area contributed by atoms with E-state index in [2.05, 4.69) is 4.90 Å². The quantitative estimate of drug-likeness (QED) is 0.649. The van der Waals surface area contributed by atoms with Crippen molar-refractivity contribution in [2.24, 2.45) is 0 Å². The lowest BCUT2D eigenvalue weighted by Crippen LogP contribution is -2.37. The van der Waals surface area contributed by atoms with Gasteiger partial charge in [0.25, 0.3) is 0 Å². The first-order valence-electron chi connectivity index (χ1n) is 7.37. The van der Waals surface area contributed by atoms with Crippen LogP contribution in [0.3, 0.4) is 0 Å². The van der Waals surface area contributed by atoms with Gasteiger partial charge in [0.1, 0.15) is 10.6 Å². The molecule has 0 radical (unpaired) electrons. The third-order valence-corrected chi connectivity index (χ3v) is 5.85. The normalized spacial score (nSPS) is 16.2. The van der Waals surface area contributed by atoms with Crippen LogP contribution in [0.5, 0.6) is 5.75 Å². The molecule has 1 fully saturated rings. The Balaban J connectivity index is 1.51. The largest absolute Gasteiger partial charge is 0.506 e. The van der Waals surface area contributed by atoms with E-state index in [0.717, 1.165) is 48.7 Å². The van der Waals surface area contributed by atoms with Gasteiger partial charge in [-0.15, -0.1) is 11.3 Å². The van der Waals surface area contributed by atoms with Gasteiger partial charge in [0.05, 0.1) is 19.0 Å². The van der Waals surface area contributed by atoms with E-state index in [9.17, 15) is 9.90 Å². The van der Waals surface area contributed by atoms with Gasteiger partial charge in [0, 0.05) is 35.5 Å². The highest BCUT2D eigenvalue weighted by Crippen LogP contribution is 2.37. The minimum atomic E-state index is 0.0191. The summed E-state index contributed by atoms with van der Waals surface area (Å²) in [6, 6.07) is 7.58. The number of nitrogens with zero attached hydrogens (tertiary/aromatic N) is 1. The molecule has 0 unspecified atom stereocenters. The molecule has 0 bridgehead atoms. The lowest BCUT2D eigenvalue weighted by Gasteiger charge is -2.26. The van der Waals surface area contributed by atoms with Crippen LogP contribution in [0.25, 0.3) is 10.1 Å². The van der Waals surface area contributed by atoms with Crippen molar-refractivity contribution in [3.63, 3.8) is 0 Å². The third kappa shape index (κ3) is 3.63. The van der Waals surface area contributed by atoms with Crippen molar-refractivity contribution in [2.45, 2.75) is 0 Å². The number of rotatable bonds is 6. The number of carbonyl (C=O) groups is 1. The molecule has 118 valence electrons. The highest BCUT2D eigenvalue weighted by molar-refractivity contribution is 8.00. The van der Waals surface area contributed by atoms with Crippen LogP contribution in [0.15, 0.2) is 24.3 Å². The molecule has 0 aliphatic carbocycles. The minimum Gasteiger partial charge on any atom is -0.506 e. The predicted molar refractivity (Wildman–Crippen MR) is 92.4 cm³/mol. The van der Waals surface area contributed by atoms with Crippen molar-refractivity contribution in [2.75, 3.05) is 44.4 Å². The van der Waals surface area contributed by atoms with Crippen molar-refractivity contribution in [3.8, 4) is 5.75 Å². The number of ether oxygens (including phenoxy) is 1. The van der Waals surface area contributed by atoms with Crippen LogP contribution in [0.4, 0.5) is 0 Å². The Kier molecular flexibility index (Phi) is 5.36. The average molecular weight is 337 g/mol. The molecule has 1 saturated heterocycles. The van der Waals surface area contributed by atoms with Gasteiger partial charge in [-0.05, 0) is 12.1 Å². The average Bonchev–Trinajstić information content (AvgIpc) is 2.90. The molecule has 0 amide bonds. The van der Waals surface area contributed by atoms with Gasteiger partial charge < -0.3 is 9.84 Å². The van der Waals surface area contributed by atoms with Gasteiger partial charge in [0.2, 0.25) is 0 Å². The van der Waals surface area contributed by atoms with Crippen LogP contribution < -0.4 is 0 Å². The second kappa shape index (κ2) is 7.46. The molecule has 0 spiro atoms. The van der Waals surface area contributed by atoms with E-state index < -0.39 is 0 Å². The molecule has 1 aliphatic heterocycles. The Bertz CT molecular complexity index is 650. The van der Waals surface area contributed by atoms with Gasteiger partial charge in [-0.25, -0.2) is 0 Å². The Morgan fingerprint density at radius 3 is 2.86 bits per heavy atom. The lowest BCUT2D eigenvalue weighted by atomic mass is 10.2. The molecule has 1 aromatic heterocycles. The number of hydrogen-bond donors (Lipinski definition) is 1. The summed E-state index contributed by atoms with van der Waals surface area (Å²) >= 11 is 3.01. The Labute approximate surface area is 138 Å². The van der Waals surface area contributed by atoms with Gasteiger partial charge >= 0.3 is 0 Å². The maximum atomic E-state index is 12.3. The van der Waals surface area contributed by atoms with E-state index in [1.165, 1.54) is 11.3 Å². The molecule has 1 aromatic carbocycles. The van der Waals surface area contributed by atoms with Crippen molar-refractivity contribution >= 4 is 39.0 Å². The maximum absolute atomic E-state index is 12.3. The van der Waals surface area contributed by atoms with Gasteiger partial charge in [0.15, 0.2) is 5.78 Å². The van der Waals surface area contributed by atoms with E-state index in [1.807, 2.05) is 24.3 Å². The summed E-state index contributed by atoms with van der Waals surface area (Å²) in [4.78, 5) is 15.1. The minimum absolute atomic E-state index is 0.0191. The van der Waals surface area contributed by atoms with Crippen LogP contribution in [0, 0.1) is 0 Å². The zero-order valence-electron chi connectivity index (χ0n) is 12.3. The molecule has 6 heteroatoms. The molecule has 2 heterocycles. The van der Waals surface area contributed by atoms with E-state index in [-0.39, 0.29) is 11.5 Å². The van der Waals surface area contributed by atoms with Crippen molar-refractivity contribution in [1.29, 1.82) is 0 Å². The summed E-state index contributed by atoms with van der Waals surface area (Å²) in [5, 5.41) is 11.0. The molecule has 1 N–H and O–H groups in total. The molecule has 22 heavy (non-hydrogen) atoms. The fourth-order valence-electron chi connectivity index (χ4n) is 2.47. The van der Waals surface area contributed by atoms with Gasteiger partial charge in [-0.2, -0.15) is 11.8 Å². The van der Waals surface area contributed by atoms with Crippen LogP contribution in [0.2, 0.25) is 0 Å². The second-order valence-electron chi connectivity index (χ2n) is 5.21. The molecule has 1 aliphatic rings. The first-order valence-corrected chi connectivity index (χ1v) is 9.34. The fourth-order valence-corrected chi connectivity index (χ4v) is 4.46. The summed E-state index contributed by atoms with van der Waals surface area (Å²) in [6.45, 7) is 4.55. The molecule has 4 nitrogen and oxygen atoms in total. The lowest BCUT2D eigenvalue weighted by molar-refractivity contribution is 0.0410. The van der Waals surface area contributed by atoms with E-state index >= 15 is 0 Å². The van der Waals surface area contributed by atoms with Crippen LogP contribution >= 0.6 is 23.1 Å². The Morgan fingerprint density at radius 1 is 1.32 bits per heavy atom. The zero-order chi connectivity index (χ0) is 15.4. The van der Waals surface area contributed by atoms with E-state index in [1.54, 1.807) is 11.8 Å². The van der Waals surface area contributed by atoms with Gasteiger partial charge in [-0.1, -0.05) is 12.1 Å². The standard InChI is InChI=1S/C16H19NO3S2/c18-13(11-21-10-7-17-5-8-20-9-6-17)16-15(19)12-3-1-2-4-14(12)22-16/h1-4,19H,5-11H2. The zero-order valence-corrected chi connectivity index (χ0v) is 13.9. The first-order chi connectivity index (χ1) is 10.8. The summed E-state index contributed by atoms with van der Waals surface area (Å²) in [7, 11) is 0. The number of ketones is 1. The molecule has 3 rings (SSSR count). The SMILES string of the molecule is O=C(CSCCN1CCOCC1)c1sc2ccccc2c1O. The Hall–Kier alpha value is -1.08. The topological polar surface area (TPSA) is 49.8 Å². The first kappa shape index (κ1) is 15.8. The number of thiophene rings is 1. The van der Waals surface area contributed by atoms with E-state index in [0.29, 0.717) is 10.6 Å². The van der Waals surface area contributed by atoms with Crippen molar-refractivity contribution in [3.05, 3.63) is 29.1 Å². The van der Waals surface area contributed by atoms with Crippen molar-refractivity contribution in [1.82, 2.24) is 4.90 Å². The number of fused-ring (bicyclic) bond motifs is 1. The van der Waals surface area contributed by atoms with Crippen molar-refractivity contribution < 1.29 is 14.6 Å². The molecule has 2 aromatic rings. The third-order valence-electron chi connectivity index (χ3n) is 3.71. The smallest absolute Gasteiger partial charge is 0.186 e. The van der Waals surface area contributed by atoms with Crippen LogP contribution in [-0.2, 0) is 4.74 Å². The maximum Gasteiger partial charge on any atom is 0.186 e. The van der Waals surface area contributed by atoms with Gasteiger partial charge in [-0.3, -0.25) is 9.69 Å². The Morgan fingerprint density at radius 2 is 2.09 bits per heavy atom. The highest BCUT2D eigenvalue weighted by atomic mass is 32.2. The monoisotopic (exact) mass is 337 g/mol.